The number of rotatable bonds is 8. The molecule has 0 aliphatic rings. The fraction of sp³-hybridized carbons (Fsp3) is 0.0909. The van der Waals surface area contributed by atoms with Gasteiger partial charge in [0.2, 0.25) is 0 Å². The Balaban J connectivity index is 1.53. The molecular weight excluding hydrogens is 480 g/mol. The molecule has 32 heavy (non-hydrogen) atoms. The van der Waals surface area contributed by atoms with Gasteiger partial charge in [0.15, 0.2) is 6.61 Å². The molecule has 164 valence electrons. The molecule has 3 rings (SSSR count). The van der Waals surface area contributed by atoms with Crippen LogP contribution in [0.5, 0.6) is 5.75 Å². The fourth-order valence-electron chi connectivity index (χ4n) is 2.49. The number of carbonyl (C=O) groups excluding carboxylic acids is 3. The van der Waals surface area contributed by atoms with Crippen LogP contribution >= 0.6 is 15.9 Å². The van der Waals surface area contributed by atoms with Crippen molar-refractivity contribution in [3.05, 3.63) is 82.7 Å². The number of carbonyl (C=O) groups is 3. The molecule has 0 aliphatic heterocycles. The van der Waals surface area contributed by atoms with E-state index in [-0.39, 0.29) is 19.1 Å². The van der Waals surface area contributed by atoms with Crippen molar-refractivity contribution in [2.45, 2.75) is 6.54 Å². The molecule has 0 saturated heterocycles. The third-order valence-electron chi connectivity index (χ3n) is 3.97. The third-order valence-corrected chi connectivity index (χ3v) is 4.46. The fourth-order valence-corrected chi connectivity index (χ4v) is 2.86. The van der Waals surface area contributed by atoms with Crippen molar-refractivity contribution in [3.8, 4) is 5.75 Å². The van der Waals surface area contributed by atoms with E-state index in [0.717, 1.165) is 4.47 Å². The molecule has 1 aromatic heterocycles. The smallest absolute Gasteiger partial charge is 0.329 e. The zero-order valence-electron chi connectivity index (χ0n) is 16.7. The maximum atomic E-state index is 12.1. The van der Waals surface area contributed by atoms with Gasteiger partial charge in [-0.2, -0.15) is 5.10 Å². The average Bonchev–Trinajstić information content (AvgIpc) is 3.31. The van der Waals surface area contributed by atoms with Gasteiger partial charge in [0.25, 0.3) is 5.91 Å². The minimum Gasteiger partial charge on any atom is -0.483 e. The zero-order chi connectivity index (χ0) is 22.8. The number of nitrogens with zero attached hydrogens (tertiary/aromatic N) is 1. The molecule has 0 saturated carbocycles. The Morgan fingerprint density at radius 2 is 1.84 bits per heavy atom. The Bertz CT molecular complexity index is 1100. The lowest BCUT2D eigenvalue weighted by atomic mass is 10.2. The summed E-state index contributed by atoms with van der Waals surface area (Å²) in [7, 11) is 0. The summed E-state index contributed by atoms with van der Waals surface area (Å²) in [5, 5.41) is 8.93. The summed E-state index contributed by atoms with van der Waals surface area (Å²) in [6.45, 7) is -0.142. The number of anilines is 1. The molecule has 0 bridgehead atoms. The normalized spacial score (nSPS) is 10.5. The van der Waals surface area contributed by atoms with Crippen molar-refractivity contribution in [1.82, 2.24) is 10.7 Å². The summed E-state index contributed by atoms with van der Waals surface area (Å²) in [5.41, 5.74) is 3.29. The number of nitrogens with one attached hydrogen (secondary N) is 3. The van der Waals surface area contributed by atoms with Gasteiger partial charge in [-0.1, -0.05) is 34.1 Å². The minimum atomic E-state index is -0.937. The highest BCUT2D eigenvalue weighted by Gasteiger charge is 2.13. The molecule has 0 unspecified atom stereocenters. The highest BCUT2D eigenvalue weighted by Crippen LogP contribution is 2.22. The number of halogens is 1. The van der Waals surface area contributed by atoms with Gasteiger partial charge in [0.05, 0.1) is 19.0 Å². The van der Waals surface area contributed by atoms with Crippen LogP contribution in [0, 0.1) is 0 Å². The molecule has 3 N–H and O–H groups in total. The maximum absolute atomic E-state index is 12.1. The SMILES string of the molecule is O=C(COc1ccc(Br)cc1/C=N/NC(=O)C(=O)NCc1ccco1)Nc1ccccc1. The Hall–Kier alpha value is -3.92. The molecule has 1 heterocycles. The van der Waals surface area contributed by atoms with Gasteiger partial charge in [-0.25, -0.2) is 5.43 Å². The first-order chi connectivity index (χ1) is 15.5. The second-order valence-corrected chi connectivity index (χ2v) is 7.26. The van der Waals surface area contributed by atoms with Crippen LogP contribution in [0.1, 0.15) is 11.3 Å². The van der Waals surface area contributed by atoms with Gasteiger partial charge in [0, 0.05) is 15.7 Å². The standard InChI is InChI=1S/C22H19BrN4O5/c23-16-8-9-19(32-14-20(28)26-17-5-2-1-3-6-17)15(11-16)12-25-27-22(30)21(29)24-13-18-7-4-10-31-18/h1-12H,13-14H2,(H,24,29)(H,26,28)(H,27,30)/b25-12+. The Morgan fingerprint density at radius 1 is 1.03 bits per heavy atom. The number of benzene rings is 2. The van der Waals surface area contributed by atoms with Crippen molar-refractivity contribution >= 4 is 45.6 Å². The highest BCUT2D eigenvalue weighted by atomic mass is 79.9. The number of hydrogen-bond donors (Lipinski definition) is 3. The summed E-state index contributed by atoms with van der Waals surface area (Å²) in [6.07, 6.45) is 2.78. The molecule has 9 nitrogen and oxygen atoms in total. The Labute approximate surface area is 192 Å². The highest BCUT2D eigenvalue weighted by molar-refractivity contribution is 9.10. The lowest BCUT2D eigenvalue weighted by molar-refractivity contribution is -0.139. The molecule has 0 radical (unpaired) electrons. The second-order valence-electron chi connectivity index (χ2n) is 6.35. The summed E-state index contributed by atoms with van der Waals surface area (Å²) in [6, 6.07) is 17.4. The van der Waals surface area contributed by atoms with Crippen LogP contribution in [0.3, 0.4) is 0 Å². The zero-order valence-corrected chi connectivity index (χ0v) is 18.3. The maximum Gasteiger partial charge on any atom is 0.329 e. The number of furan rings is 1. The number of amides is 3. The first kappa shape index (κ1) is 22.8. The number of hydrogen-bond acceptors (Lipinski definition) is 6. The quantitative estimate of drug-likeness (QED) is 0.250. The second kappa shape index (κ2) is 11.5. The van der Waals surface area contributed by atoms with Gasteiger partial charge in [0.1, 0.15) is 11.5 Å². The van der Waals surface area contributed by atoms with Crippen LogP contribution in [-0.2, 0) is 20.9 Å². The van der Waals surface area contributed by atoms with Gasteiger partial charge < -0.3 is 19.8 Å². The molecule has 0 fully saturated rings. The van der Waals surface area contributed by atoms with Crippen molar-refractivity contribution < 1.29 is 23.5 Å². The van der Waals surface area contributed by atoms with Crippen molar-refractivity contribution in [2.24, 2.45) is 5.10 Å². The lowest BCUT2D eigenvalue weighted by Crippen LogP contribution is -2.37. The minimum absolute atomic E-state index is 0.0810. The molecule has 3 aromatic rings. The number of hydrazone groups is 1. The molecule has 0 aliphatic carbocycles. The Morgan fingerprint density at radius 3 is 2.59 bits per heavy atom. The van der Waals surface area contributed by atoms with Gasteiger partial charge in [-0.15, -0.1) is 0 Å². The van der Waals surface area contributed by atoms with Crippen LogP contribution in [0.2, 0.25) is 0 Å². The molecule has 3 amide bonds. The van der Waals surface area contributed by atoms with E-state index in [9.17, 15) is 14.4 Å². The first-order valence-electron chi connectivity index (χ1n) is 9.42. The number of ether oxygens (including phenoxy) is 1. The monoisotopic (exact) mass is 498 g/mol. The summed E-state index contributed by atoms with van der Waals surface area (Å²) < 4.78 is 11.4. The van der Waals surface area contributed by atoms with E-state index < -0.39 is 11.8 Å². The summed E-state index contributed by atoms with van der Waals surface area (Å²) in [4.78, 5) is 35.8. The largest absolute Gasteiger partial charge is 0.483 e. The van der Waals surface area contributed by atoms with Gasteiger partial charge in [-0.05, 0) is 42.5 Å². The topological polar surface area (TPSA) is 122 Å². The van der Waals surface area contributed by atoms with E-state index in [2.05, 4.69) is 37.1 Å². The van der Waals surface area contributed by atoms with Crippen LogP contribution in [-0.4, -0.2) is 30.5 Å². The van der Waals surface area contributed by atoms with E-state index in [1.807, 2.05) is 18.2 Å². The van der Waals surface area contributed by atoms with Crippen molar-refractivity contribution in [1.29, 1.82) is 0 Å². The van der Waals surface area contributed by atoms with E-state index in [1.54, 1.807) is 42.5 Å². The van der Waals surface area contributed by atoms with Crippen LogP contribution < -0.4 is 20.8 Å². The van der Waals surface area contributed by atoms with Crippen molar-refractivity contribution in [3.63, 3.8) is 0 Å². The molecule has 2 aromatic carbocycles. The molecule has 0 spiro atoms. The van der Waals surface area contributed by atoms with Crippen LogP contribution in [0.15, 0.2) is 80.9 Å². The predicted octanol–water partition coefficient (Wildman–Crippen LogP) is 2.83. The van der Waals surface area contributed by atoms with Gasteiger partial charge >= 0.3 is 11.8 Å². The Kier molecular flexibility index (Phi) is 8.15. The first-order valence-corrected chi connectivity index (χ1v) is 10.2. The van der Waals surface area contributed by atoms with E-state index in [4.69, 9.17) is 9.15 Å². The summed E-state index contributed by atoms with van der Waals surface area (Å²) in [5.74, 6) is -1.24. The van der Waals surface area contributed by atoms with E-state index in [0.29, 0.717) is 22.8 Å². The predicted molar refractivity (Wildman–Crippen MR) is 121 cm³/mol. The molecular formula is C22H19BrN4O5. The lowest BCUT2D eigenvalue weighted by Gasteiger charge is -2.10. The van der Waals surface area contributed by atoms with Gasteiger partial charge in [-0.3, -0.25) is 14.4 Å². The third kappa shape index (κ3) is 7.10. The number of para-hydroxylation sites is 1. The van der Waals surface area contributed by atoms with E-state index in [1.165, 1.54) is 12.5 Å². The average molecular weight is 499 g/mol. The molecule has 10 heteroatoms. The van der Waals surface area contributed by atoms with Crippen LogP contribution in [0.4, 0.5) is 5.69 Å². The summed E-state index contributed by atoms with van der Waals surface area (Å²) >= 11 is 3.35. The van der Waals surface area contributed by atoms with E-state index >= 15 is 0 Å². The van der Waals surface area contributed by atoms with Crippen LogP contribution in [0.25, 0.3) is 0 Å². The van der Waals surface area contributed by atoms with Crippen molar-refractivity contribution in [2.75, 3.05) is 11.9 Å². The molecule has 0 atom stereocenters.